The van der Waals surface area contributed by atoms with Gasteiger partial charge in [0, 0.05) is 11.3 Å². The van der Waals surface area contributed by atoms with Gasteiger partial charge in [-0.3, -0.25) is 4.79 Å². The summed E-state index contributed by atoms with van der Waals surface area (Å²) in [4.78, 5) is 15.6. The smallest absolute Gasteiger partial charge is 0.134 e. The second kappa shape index (κ2) is 5.77. The van der Waals surface area contributed by atoms with Gasteiger partial charge in [-0.05, 0) is 24.6 Å². The summed E-state index contributed by atoms with van der Waals surface area (Å²) in [5, 5.41) is 0. The zero-order chi connectivity index (χ0) is 10.4. The molecule has 1 rings (SSSR count). The molecular formula is C9H11NO3S. The maximum absolute atomic E-state index is 10.8. The van der Waals surface area contributed by atoms with Gasteiger partial charge in [0.2, 0.25) is 0 Å². The Morgan fingerprint density at radius 2 is 2.07 bits per heavy atom. The molecule has 0 amide bonds. The van der Waals surface area contributed by atoms with Gasteiger partial charge in [-0.25, -0.2) is 0 Å². The molecule has 0 fully saturated rings. The highest BCUT2D eigenvalue weighted by atomic mass is 32.2. The molecule has 2 N–H and O–H groups in total. The normalized spacial score (nSPS) is 10.1. The number of rotatable bonds is 5. The van der Waals surface area contributed by atoms with Crippen molar-refractivity contribution in [1.29, 1.82) is 0 Å². The third-order valence-corrected chi connectivity index (χ3v) is 2.16. The predicted molar refractivity (Wildman–Crippen MR) is 53.0 cm³/mol. The van der Waals surface area contributed by atoms with Crippen molar-refractivity contribution in [2.75, 3.05) is 0 Å². The number of hydrogen-bond donors (Lipinski definition) is 1. The van der Waals surface area contributed by atoms with Crippen LogP contribution in [0.25, 0.3) is 0 Å². The summed E-state index contributed by atoms with van der Waals surface area (Å²) in [5.41, 5.74) is 0.982. The van der Waals surface area contributed by atoms with E-state index < -0.39 is 0 Å². The van der Waals surface area contributed by atoms with E-state index in [0.717, 1.165) is 22.5 Å². The topological polar surface area (TPSA) is 61.5 Å². The van der Waals surface area contributed by atoms with Gasteiger partial charge < -0.3 is 0 Å². The van der Waals surface area contributed by atoms with Crippen molar-refractivity contribution in [3.05, 3.63) is 29.8 Å². The lowest BCUT2D eigenvalue weighted by atomic mass is 10.1. The van der Waals surface area contributed by atoms with E-state index in [0.29, 0.717) is 6.42 Å². The highest BCUT2D eigenvalue weighted by Gasteiger charge is 1.99. The van der Waals surface area contributed by atoms with Crippen molar-refractivity contribution in [1.82, 2.24) is 0 Å². The lowest BCUT2D eigenvalue weighted by Crippen LogP contribution is -1.96. The van der Waals surface area contributed by atoms with Crippen LogP contribution in [0.5, 0.6) is 0 Å². The summed E-state index contributed by atoms with van der Waals surface area (Å²) in [6.45, 7) is 1.56. The number of ketones is 1. The Labute approximate surface area is 86.5 Å². The molecule has 14 heavy (non-hydrogen) atoms. The second-order valence-electron chi connectivity index (χ2n) is 2.77. The highest BCUT2D eigenvalue weighted by Crippen LogP contribution is 2.19. The number of benzene rings is 1. The largest absolute Gasteiger partial charge is 0.300 e. The van der Waals surface area contributed by atoms with Gasteiger partial charge in [0.05, 0.1) is 12.0 Å². The molecule has 1 aromatic rings. The molecule has 0 saturated carbocycles. The minimum absolute atomic E-state index is 0.145. The fourth-order valence-corrected chi connectivity index (χ4v) is 1.37. The molecule has 4 nitrogen and oxygen atoms in total. The van der Waals surface area contributed by atoms with Crippen LogP contribution in [0, 0.1) is 0 Å². The first-order valence-electron chi connectivity index (χ1n) is 4.01. The minimum Gasteiger partial charge on any atom is -0.300 e. The Morgan fingerprint density at radius 3 is 2.57 bits per heavy atom. The lowest BCUT2D eigenvalue weighted by Gasteiger charge is -2.00. The molecule has 0 spiro atoms. The van der Waals surface area contributed by atoms with E-state index >= 15 is 0 Å². The van der Waals surface area contributed by atoms with Crippen LogP contribution in [0.3, 0.4) is 0 Å². The standard InChI is InChI=1S/C9H11NO3S/c1-7(11)6-8-2-4-9(5-3-8)14-13-12-10/h2-5H,6,10H2,1H3. The Bertz CT molecular complexity index is 299. The summed E-state index contributed by atoms with van der Waals surface area (Å²) in [6.07, 6.45) is 0.458. The van der Waals surface area contributed by atoms with E-state index in [2.05, 4.69) is 15.2 Å². The minimum atomic E-state index is 0.145. The van der Waals surface area contributed by atoms with E-state index in [1.54, 1.807) is 6.92 Å². The van der Waals surface area contributed by atoms with E-state index in [9.17, 15) is 4.79 Å². The summed E-state index contributed by atoms with van der Waals surface area (Å²) in [6, 6.07) is 7.40. The average Bonchev–Trinajstić information content (AvgIpc) is 2.16. The number of Topliss-reactive ketones (excluding diaryl/α,β-unsaturated/α-hetero) is 1. The first-order chi connectivity index (χ1) is 6.72. The number of carbonyl (C=O) groups is 1. The van der Waals surface area contributed by atoms with Crippen LogP contribution < -0.4 is 5.90 Å². The zero-order valence-electron chi connectivity index (χ0n) is 7.73. The van der Waals surface area contributed by atoms with Crippen molar-refractivity contribution in [3.63, 3.8) is 0 Å². The van der Waals surface area contributed by atoms with Crippen LogP contribution in [0.4, 0.5) is 0 Å². The van der Waals surface area contributed by atoms with Crippen molar-refractivity contribution in [2.45, 2.75) is 18.2 Å². The van der Waals surface area contributed by atoms with Gasteiger partial charge in [-0.15, -0.1) is 9.32 Å². The monoisotopic (exact) mass is 213 g/mol. The summed E-state index contributed by atoms with van der Waals surface area (Å²) in [5.74, 6) is 4.83. The molecule has 0 aliphatic carbocycles. The van der Waals surface area contributed by atoms with Crippen LogP contribution in [-0.2, 0) is 20.5 Å². The molecule has 5 heteroatoms. The van der Waals surface area contributed by atoms with Gasteiger partial charge in [0.25, 0.3) is 0 Å². The molecular weight excluding hydrogens is 202 g/mol. The molecule has 0 saturated heterocycles. The third kappa shape index (κ3) is 3.89. The predicted octanol–water partition coefficient (Wildman–Crippen LogP) is 1.65. The van der Waals surface area contributed by atoms with E-state index in [-0.39, 0.29) is 5.78 Å². The van der Waals surface area contributed by atoms with Gasteiger partial charge in [-0.2, -0.15) is 5.90 Å². The van der Waals surface area contributed by atoms with Crippen LogP contribution in [0.1, 0.15) is 12.5 Å². The Kier molecular flexibility index (Phi) is 4.61. The lowest BCUT2D eigenvalue weighted by molar-refractivity contribution is -0.195. The number of carbonyl (C=O) groups excluding carboxylic acids is 1. The third-order valence-electron chi connectivity index (χ3n) is 1.55. The molecule has 0 bridgehead atoms. The van der Waals surface area contributed by atoms with Gasteiger partial charge in [-0.1, -0.05) is 12.1 Å². The molecule has 0 aliphatic heterocycles. The van der Waals surface area contributed by atoms with Crippen molar-refractivity contribution >= 4 is 17.8 Å². The zero-order valence-corrected chi connectivity index (χ0v) is 8.54. The molecule has 1 aromatic carbocycles. The molecule has 0 aromatic heterocycles. The first-order valence-corrected chi connectivity index (χ1v) is 4.75. The average molecular weight is 213 g/mol. The maximum atomic E-state index is 10.8. The molecule has 0 unspecified atom stereocenters. The fourth-order valence-electron chi connectivity index (χ4n) is 1.01. The van der Waals surface area contributed by atoms with Crippen molar-refractivity contribution in [3.8, 4) is 0 Å². The SMILES string of the molecule is CC(=O)Cc1ccc(SOON)cc1. The molecule has 0 heterocycles. The summed E-state index contributed by atoms with van der Waals surface area (Å²) in [7, 11) is 0. The van der Waals surface area contributed by atoms with E-state index in [4.69, 9.17) is 0 Å². The number of nitrogens with two attached hydrogens (primary N) is 1. The van der Waals surface area contributed by atoms with Gasteiger partial charge in [0.15, 0.2) is 0 Å². The van der Waals surface area contributed by atoms with Crippen molar-refractivity contribution < 1.29 is 14.1 Å². The Morgan fingerprint density at radius 1 is 1.43 bits per heavy atom. The van der Waals surface area contributed by atoms with Crippen molar-refractivity contribution in [2.24, 2.45) is 5.90 Å². The van der Waals surface area contributed by atoms with E-state index in [1.165, 1.54) is 0 Å². The first kappa shape index (κ1) is 11.2. The van der Waals surface area contributed by atoms with Gasteiger partial charge >= 0.3 is 0 Å². The fraction of sp³-hybridized carbons (Fsp3) is 0.222. The highest BCUT2D eigenvalue weighted by molar-refractivity contribution is 7.94. The Hall–Kier alpha value is -0.880. The quantitative estimate of drug-likeness (QED) is 0.458. The van der Waals surface area contributed by atoms with E-state index in [1.807, 2.05) is 24.3 Å². The van der Waals surface area contributed by atoms with Crippen LogP contribution in [0.2, 0.25) is 0 Å². The second-order valence-corrected chi connectivity index (χ2v) is 3.54. The molecule has 0 radical (unpaired) electrons. The molecule has 76 valence electrons. The van der Waals surface area contributed by atoms with Gasteiger partial charge in [0.1, 0.15) is 5.78 Å². The number of hydrogen-bond acceptors (Lipinski definition) is 5. The molecule has 0 atom stereocenters. The summed E-state index contributed by atoms with van der Waals surface area (Å²) < 4.78 is 4.47. The Balaban J connectivity index is 2.54. The van der Waals surface area contributed by atoms with Crippen LogP contribution in [-0.4, -0.2) is 5.78 Å². The van der Waals surface area contributed by atoms with Crippen LogP contribution in [0.15, 0.2) is 29.2 Å². The summed E-state index contributed by atoms with van der Waals surface area (Å²) >= 11 is 1.02. The maximum Gasteiger partial charge on any atom is 0.134 e. The molecule has 0 aliphatic rings. The van der Waals surface area contributed by atoms with Crippen LogP contribution >= 0.6 is 12.0 Å².